The summed E-state index contributed by atoms with van der Waals surface area (Å²) < 4.78 is 24.1. The zero-order valence-corrected chi connectivity index (χ0v) is 16.9. The molecule has 0 saturated carbocycles. The number of benzene rings is 2. The molecule has 8 nitrogen and oxygen atoms in total. The number of hydrogen-bond acceptors (Lipinski definition) is 8. The van der Waals surface area contributed by atoms with Gasteiger partial charge >= 0.3 is 0 Å². The normalized spacial score (nSPS) is 12.1. The zero-order chi connectivity index (χ0) is 19.9. The molecule has 3 N–H and O–H groups in total. The van der Waals surface area contributed by atoms with Gasteiger partial charge in [-0.3, -0.25) is 0 Å². The molecule has 4 rings (SSSR count). The third kappa shape index (κ3) is 3.80. The van der Waals surface area contributed by atoms with Crippen molar-refractivity contribution >= 4 is 54.1 Å². The number of rotatable bonds is 5. The van der Waals surface area contributed by atoms with Crippen LogP contribution in [0.1, 0.15) is 5.01 Å². The molecule has 0 spiro atoms. The third-order valence-corrected chi connectivity index (χ3v) is 5.99. The lowest BCUT2D eigenvalue weighted by molar-refractivity contribution is 0.402. The van der Waals surface area contributed by atoms with Crippen LogP contribution in [0.15, 0.2) is 47.5 Å². The lowest BCUT2D eigenvalue weighted by Gasteiger charge is -2.07. The quantitative estimate of drug-likeness (QED) is 0.516. The summed E-state index contributed by atoms with van der Waals surface area (Å²) in [5.74, 6) is 0.370. The predicted molar refractivity (Wildman–Crippen MR) is 111 cm³/mol. The van der Waals surface area contributed by atoms with E-state index in [1.54, 1.807) is 29.7 Å². The van der Waals surface area contributed by atoms with Crippen LogP contribution in [0.4, 0.5) is 11.6 Å². The number of hydrogen-bond donors (Lipinski definition) is 2. The van der Waals surface area contributed by atoms with Crippen LogP contribution < -0.4 is 10.5 Å². The first kappa shape index (κ1) is 18.7. The molecule has 2 aromatic heterocycles. The first-order valence-corrected chi connectivity index (χ1v) is 10.8. The van der Waals surface area contributed by atoms with Crippen molar-refractivity contribution in [3.05, 3.63) is 47.6 Å². The number of anilines is 2. The Morgan fingerprint density at radius 3 is 2.75 bits per heavy atom. The second-order valence-electron chi connectivity index (χ2n) is 6.59. The van der Waals surface area contributed by atoms with Crippen molar-refractivity contribution in [1.82, 2.24) is 19.9 Å². The average Bonchev–Trinajstić information content (AvgIpc) is 3.03. The fourth-order valence-electron chi connectivity index (χ4n) is 2.80. The van der Waals surface area contributed by atoms with E-state index in [-0.39, 0.29) is 4.90 Å². The summed E-state index contributed by atoms with van der Waals surface area (Å²) in [7, 11) is 0.228. The molecule has 4 aromatic rings. The van der Waals surface area contributed by atoms with Crippen molar-refractivity contribution in [3.8, 4) is 0 Å². The molecule has 0 bridgehead atoms. The number of nitrogens with two attached hydrogens (primary N) is 1. The van der Waals surface area contributed by atoms with E-state index in [1.165, 1.54) is 12.1 Å². The first-order chi connectivity index (χ1) is 13.3. The Kier molecular flexibility index (Phi) is 4.71. The summed E-state index contributed by atoms with van der Waals surface area (Å²) in [6.07, 6.45) is 1.74. The highest BCUT2D eigenvalue weighted by Crippen LogP contribution is 2.30. The van der Waals surface area contributed by atoms with Crippen LogP contribution in [0.2, 0.25) is 0 Å². The van der Waals surface area contributed by atoms with Gasteiger partial charge in [-0.15, -0.1) is 11.3 Å². The Balaban J connectivity index is 1.74. The van der Waals surface area contributed by atoms with E-state index in [1.807, 2.05) is 26.2 Å². The molecular weight excluding hydrogens is 396 g/mol. The van der Waals surface area contributed by atoms with Crippen molar-refractivity contribution in [2.75, 3.05) is 19.4 Å². The van der Waals surface area contributed by atoms with Crippen molar-refractivity contribution in [3.63, 3.8) is 0 Å². The summed E-state index contributed by atoms with van der Waals surface area (Å²) in [5.41, 5.74) is 2.24. The highest BCUT2D eigenvalue weighted by Gasteiger charge is 2.12. The monoisotopic (exact) mass is 414 g/mol. The summed E-state index contributed by atoms with van der Waals surface area (Å²) >= 11 is 1.61. The van der Waals surface area contributed by atoms with Gasteiger partial charge in [-0.05, 0) is 44.4 Å². The number of nitrogens with zero attached hydrogens (tertiary/aromatic N) is 4. The molecule has 0 fully saturated rings. The van der Waals surface area contributed by atoms with Gasteiger partial charge in [-0.2, -0.15) is 0 Å². The maximum Gasteiger partial charge on any atom is 0.238 e. The summed E-state index contributed by atoms with van der Waals surface area (Å²) in [4.78, 5) is 15.7. The molecule has 10 heteroatoms. The van der Waals surface area contributed by atoms with Crippen LogP contribution >= 0.6 is 11.3 Å². The summed E-state index contributed by atoms with van der Waals surface area (Å²) in [6.45, 7) is 0.761. The highest BCUT2D eigenvalue weighted by molar-refractivity contribution is 7.89. The molecule has 0 atom stereocenters. The van der Waals surface area contributed by atoms with Crippen LogP contribution in [0.3, 0.4) is 0 Å². The number of sulfonamides is 1. The predicted octanol–water partition coefficient (Wildman–Crippen LogP) is 2.69. The van der Waals surface area contributed by atoms with Crippen LogP contribution in [0, 0.1) is 0 Å². The second-order valence-corrected chi connectivity index (χ2v) is 9.23. The zero-order valence-electron chi connectivity index (χ0n) is 15.2. The molecule has 0 unspecified atom stereocenters. The van der Waals surface area contributed by atoms with Gasteiger partial charge in [0, 0.05) is 23.8 Å². The minimum atomic E-state index is -3.78. The van der Waals surface area contributed by atoms with Crippen LogP contribution in [-0.2, 0) is 16.6 Å². The largest absolute Gasteiger partial charge is 0.324 e. The first-order valence-electron chi connectivity index (χ1n) is 8.39. The average molecular weight is 415 g/mol. The molecule has 2 aromatic carbocycles. The Morgan fingerprint density at radius 2 is 2.00 bits per heavy atom. The van der Waals surface area contributed by atoms with Crippen molar-refractivity contribution < 1.29 is 8.42 Å². The standard InChI is InChI=1S/C18H18N6O2S2/c1-24(2)10-15-22-14-7-6-11-9-20-18(23-16(11)17(14)27-15)21-12-4-3-5-13(8-12)28(19,25)26/h3-9H,10H2,1-2H3,(H2,19,25,26)(H,20,21,23). The topological polar surface area (TPSA) is 114 Å². The van der Waals surface area contributed by atoms with Gasteiger partial charge in [-0.25, -0.2) is 28.5 Å². The molecule has 0 amide bonds. The van der Waals surface area contributed by atoms with E-state index in [4.69, 9.17) is 5.14 Å². The maximum absolute atomic E-state index is 11.5. The molecule has 0 aliphatic rings. The van der Waals surface area contributed by atoms with Crippen LogP contribution in [-0.4, -0.2) is 42.4 Å². The SMILES string of the molecule is CN(C)Cc1nc2ccc3cnc(Nc4cccc(S(N)(=O)=O)c4)nc3c2s1. The number of aromatic nitrogens is 3. The van der Waals surface area contributed by atoms with Crippen molar-refractivity contribution in [2.24, 2.45) is 5.14 Å². The molecule has 0 radical (unpaired) electrons. The molecule has 0 saturated heterocycles. The summed E-state index contributed by atoms with van der Waals surface area (Å²) in [5, 5.41) is 10.2. The maximum atomic E-state index is 11.5. The van der Waals surface area contributed by atoms with Crippen molar-refractivity contribution in [1.29, 1.82) is 0 Å². The van der Waals surface area contributed by atoms with Crippen LogP contribution in [0.5, 0.6) is 0 Å². The smallest absolute Gasteiger partial charge is 0.238 e. The number of fused-ring (bicyclic) bond motifs is 3. The molecule has 28 heavy (non-hydrogen) atoms. The highest BCUT2D eigenvalue weighted by atomic mass is 32.2. The minimum absolute atomic E-state index is 0.0245. The summed E-state index contributed by atoms with van der Waals surface area (Å²) in [6, 6.07) is 10.1. The van der Waals surface area contributed by atoms with Gasteiger partial charge in [0.1, 0.15) is 5.01 Å². The lowest BCUT2D eigenvalue weighted by Crippen LogP contribution is -2.12. The Morgan fingerprint density at radius 1 is 1.18 bits per heavy atom. The number of nitrogens with one attached hydrogen (secondary N) is 1. The molecule has 144 valence electrons. The third-order valence-electron chi connectivity index (χ3n) is 4.02. The lowest BCUT2D eigenvalue weighted by atomic mass is 10.2. The molecule has 0 aliphatic carbocycles. The number of thiazole rings is 1. The van der Waals surface area contributed by atoms with Crippen molar-refractivity contribution in [2.45, 2.75) is 11.4 Å². The van der Waals surface area contributed by atoms with Gasteiger partial charge in [0.2, 0.25) is 16.0 Å². The minimum Gasteiger partial charge on any atom is -0.324 e. The Hall–Kier alpha value is -2.66. The van der Waals surface area contributed by atoms with E-state index in [0.717, 1.165) is 32.7 Å². The Bertz CT molecular complexity index is 1280. The fourth-order valence-corrected chi connectivity index (χ4v) is 4.54. The molecule has 0 aliphatic heterocycles. The van der Waals surface area contributed by atoms with Gasteiger partial charge in [0.25, 0.3) is 0 Å². The second kappa shape index (κ2) is 7.06. The van der Waals surface area contributed by atoms with Gasteiger partial charge < -0.3 is 10.2 Å². The van der Waals surface area contributed by atoms with Gasteiger partial charge in [0.05, 0.1) is 20.6 Å². The molecular formula is C18H18N6O2S2. The molecule has 2 heterocycles. The van der Waals surface area contributed by atoms with E-state index < -0.39 is 10.0 Å². The van der Waals surface area contributed by atoms with Gasteiger partial charge in [0.15, 0.2) is 0 Å². The Labute approximate surface area is 166 Å². The number of primary sulfonamides is 1. The van der Waals surface area contributed by atoms with Crippen LogP contribution in [0.25, 0.3) is 21.1 Å². The van der Waals surface area contributed by atoms with E-state index in [9.17, 15) is 8.42 Å². The van der Waals surface area contributed by atoms with Gasteiger partial charge in [-0.1, -0.05) is 6.07 Å². The van der Waals surface area contributed by atoms with E-state index in [0.29, 0.717) is 11.6 Å². The van der Waals surface area contributed by atoms with E-state index >= 15 is 0 Å². The van der Waals surface area contributed by atoms with E-state index in [2.05, 4.69) is 25.2 Å². The fraction of sp³-hybridized carbons (Fsp3) is 0.167.